The van der Waals surface area contributed by atoms with Crippen molar-refractivity contribution < 1.29 is 18.7 Å². The number of nitrogens with one attached hydrogen (secondary N) is 1. The van der Waals surface area contributed by atoms with Gasteiger partial charge in [-0.25, -0.2) is 8.78 Å². The molecule has 0 unspecified atom stereocenters. The molecule has 0 spiro atoms. The Bertz CT molecular complexity index is 1310. The number of phenols is 1. The summed E-state index contributed by atoms with van der Waals surface area (Å²) in [6.07, 6.45) is 9.36. The second kappa shape index (κ2) is 9.21. The lowest BCUT2D eigenvalue weighted by Gasteiger charge is -2.28. The summed E-state index contributed by atoms with van der Waals surface area (Å²) in [5.41, 5.74) is 3.02. The van der Waals surface area contributed by atoms with Crippen LogP contribution in [0.3, 0.4) is 0 Å². The molecule has 5 rings (SSSR count). The van der Waals surface area contributed by atoms with E-state index >= 15 is 0 Å². The van der Waals surface area contributed by atoms with Gasteiger partial charge in [-0.15, -0.1) is 0 Å². The second-order valence-corrected chi connectivity index (χ2v) is 8.79. The number of carbonyl (C=O) groups excluding carboxylic acids is 1. The number of rotatable bonds is 5. The molecule has 2 aromatic carbocycles. The van der Waals surface area contributed by atoms with Gasteiger partial charge in [0.15, 0.2) is 17.4 Å². The Balaban J connectivity index is 1.18. The quantitative estimate of drug-likeness (QED) is 0.425. The number of hydrogen-bond donors (Lipinski definition) is 2. The fourth-order valence-electron chi connectivity index (χ4n) is 4.60. The summed E-state index contributed by atoms with van der Waals surface area (Å²) >= 11 is 0. The van der Waals surface area contributed by atoms with E-state index in [0.29, 0.717) is 12.6 Å². The topological polar surface area (TPSA) is 80.0 Å². The Kier molecular flexibility index (Phi) is 5.96. The third kappa shape index (κ3) is 4.48. The molecule has 6 nitrogen and oxygen atoms in total. The summed E-state index contributed by atoms with van der Waals surface area (Å²) in [6, 6.07) is 12.2. The average molecular weight is 463 g/mol. The molecule has 1 fully saturated rings. The van der Waals surface area contributed by atoms with Gasteiger partial charge >= 0.3 is 0 Å². The van der Waals surface area contributed by atoms with Crippen LogP contribution in [0.2, 0.25) is 0 Å². The highest BCUT2D eigenvalue weighted by atomic mass is 19.1. The lowest BCUT2D eigenvalue weighted by Crippen LogP contribution is -2.31. The third-order valence-corrected chi connectivity index (χ3v) is 6.56. The van der Waals surface area contributed by atoms with Crippen LogP contribution in [0.5, 0.6) is 5.75 Å². The van der Waals surface area contributed by atoms with Crippen LogP contribution in [0.15, 0.2) is 61.1 Å². The first-order valence-electron chi connectivity index (χ1n) is 11.3. The van der Waals surface area contributed by atoms with Crippen molar-refractivity contribution in [1.82, 2.24) is 20.1 Å². The number of phenolic OH excluding ortho intramolecular Hbond substituents is 1. The SMILES string of the molecule is O=C(NC[C@H]1CC[C@H](n2cc3ccc(-c4ccncc4)cc3n2)CC1)c1cc(F)c(O)c(F)c1. The first kappa shape index (κ1) is 22.0. The van der Waals surface area contributed by atoms with Crippen molar-refractivity contribution in [2.45, 2.75) is 31.7 Å². The van der Waals surface area contributed by atoms with Crippen molar-refractivity contribution in [1.29, 1.82) is 0 Å². The van der Waals surface area contributed by atoms with Crippen molar-refractivity contribution in [3.05, 3.63) is 78.3 Å². The maximum atomic E-state index is 13.5. The number of pyridine rings is 1. The van der Waals surface area contributed by atoms with Crippen LogP contribution in [0.25, 0.3) is 22.0 Å². The Morgan fingerprint density at radius 1 is 1.00 bits per heavy atom. The molecular weight excluding hydrogens is 438 g/mol. The van der Waals surface area contributed by atoms with Crippen molar-refractivity contribution in [3.8, 4) is 16.9 Å². The van der Waals surface area contributed by atoms with Gasteiger partial charge < -0.3 is 10.4 Å². The molecule has 2 aromatic heterocycles. The lowest BCUT2D eigenvalue weighted by atomic mass is 9.86. The molecule has 8 heteroatoms. The van der Waals surface area contributed by atoms with Crippen LogP contribution < -0.4 is 5.32 Å². The molecule has 0 atom stereocenters. The first-order chi connectivity index (χ1) is 16.5. The van der Waals surface area contributed by atoms with Crippen LogP contribution in [0.4, 0.5) is 8.78 Å². The van der Waals surface area contributed by atoms with E-state index in [1.807, 2.05) is 12.1 Å². The summed E-state index contributed by atoms with van der Waals surface area (Å²) in [7, 11) is 0. The van der Waals surface area contributed by atoms with Crippen molar-refractivity contribution >= 4 is 16.8 Å². The second-order valence-electron chi connectivity index (χ2n) is 8.79. The van der Waals surface area contributed by atoms with Crippen LogP contribution in [0, 0.1) is 17.6 Å². The van der Waals surface area contributed by atoms with Gasteiger partial charge in [0.25, 0.3) is 5.91 Å². The third-order valence-electron chi connectivity index (χ3n) is 6.56. The molecule has 174 valence electrons. The monoisotopic (exact) mass is 462 g/mol. The Morgan fingerprint density at radius 2 is 1.71 bits per heavy atom. The van der Waals surface area contributed by atoms with Gasteiger partial charge in [-0.2, -0.15) is 5.10 Å². The Labute approximate surface area is 195 Å². The molecule has 1 saturated carbocycles. The number of amides is 1. The van der Waals surface area contributed by atoms with Gasteiger partial charge in [0, 0.05) is 36.1 Å². The Hall–Kier alpha value is -3.81. The summed E-state index contributed by atoms with van der Waals surface area (Å²) in [5, 5.41) is 17.9. The zero-order valence-corrected chi connectivity index (χ0v) is 18.4. The van der Waals surface area contributed by atoms with E-state index in [0.717, 1.165) is 59.8 Å². The van der Waals surface area contributed by atoms with Crippen LogP contribution in [0.1, 0.15) is 42.1 Å². The molecule has 0 saturated heterocycles. The largest absolute Gasteiger partial charge is 0.503 e. The van der Waals surface area contributed by atoms with E-state index in [1.54, 1.807) is 12.4 Å². The minimum Gasteiger partial charge on any atom is -0.503 e. The molecule has 0 aliphatic heterocycles. The minimum atomic E-state index is -1.15. The van der Waals surface area contributed by atoms with Crippen molar-refractivity contribution in [2.75, 3.05) is 6.54 Å². The summed E-state index contributed by atoms with van der Waals surface area (Å²) in [5.74, 6) is -3.64. The normalized spacial score (nSPS) is 18.2. The fourth-order valence-corrected chi connectivity index (χ4v) is 4.60. The number of nitrogens with zero attached hydrogens (tertiary/aromatic N) is 3. The van der Waals surface area contributed by atoms with Crippen LogP contribution in [-0.4, -0.2) is 32.3 Å². The highest BCUT2D eigenvalue weighted by Gasteiger charge is 2.24. The van der Waals surface area contributed by atoms with Crippen molar-refractivity contribution in [2.24, 2.45) is 5.92 Å². The van der Waals surface area contributed by atoms with Gasteiger partial charge in [0.05, 0.1) is 11.6 Å². The molecule has 0 bridgehead atoms. The van der Waals surface area contributed by atoms with Gasteiger partial charge in [0.1, 0.15) is 0 Å². The van der Waals surface area contributed by atoms with Crippen LogP contribution in [-0.2, 0) is 0 Å². The van der Waals surface area contributed by atoms with Crippen LogP contribution >= 0.6 is 0 Å². The molecule has 2 N–H and O–H groups in total. The predicted molar refractivity (Wildman–Crippen MR) is 124 cm³/mol. The number of halogens is 2. The average Bonchev–Trinajstić information content (AvgIpc) is 3.30. The summed E-state index contributed by atoms with van der Waals surface area (Å²) in [4.78, 5) is 16.3. The molecule has 34 heavy (non-hydrogen) atoms. The minimum absolute atomic E-state index is 0.143. The maximum absolute atomic E-state index is 13.5. The maximum Gasteiger partial charge on any atom is 0.251 e. The van der Waals surface area contributed by atoms with E-state index in [1.165, 1.54) is 0 Å². The fraction of sp³-hybridized carbons (Fsp3) is 0.269. The van der Waals surface area contributed by atoms with Gasteiger partial charge in [-0.05, 0) is 73.1 Å². The molecule has 1 amide bonds. The van der Waals surface area contributed by atoms with E-state index in [9.17, 15) is 18.7 Å². The number of fused-ring (bicyclic) bond motifs is 1. The van der Waals surface area contributed by atoms with E-state index < -0.39 is 23.3 Å². The van der Waals surface area contributed by atoms with Crippen molar-refractivity contribution in [3.63, 3.8) is 0 Å². The predicted octanol–water partition coefficient (Wildman–Crippen LogP) is 5.24. The Morgan fingerprint density at radius 3 is 2.41 bits per heavy atom. The smallest absolute Gasteiger partial charge is 0.251 e. The molecule has 1 aliphatic carbocycles. The standard InChI is InChI=1S/C26H24F2N4O2/c27-22-11-20(12-23(28)25(22)33)26(34)30-14-16-1-5-21(6-2-16)32-15-19-4-3-18(13-24(19)31-32)17-7-9-29-10-8-17/h3-4,7-13,15-16,21,33H,1-2,5-6,14H2,(H,30,34)/t16-,21-. The van der Waals surface area contributed by atoms with Gasteiger partial charge in [0.2, 0.25) is 0 Å². The molecule has 4 aromatic rings. The number of hydrogen-bond acceptors (Lipinski definition) is 4. The highest BCUT2D eigenvalue weighted by molar-refractivity contribution is 5.94. The molecular formula is C26H24F2N4O2. The lowest BCUT2D eigenvalue weighted by molar-refractivity contribution is 0.0940. The van der Waals surface area contributed by atoms with E-state index in [-0.39, 0.29) is 11.5 Å². The molecule has 0 radical (unpaired) electrons. The van der Waals surface area contributed by atoms with E-state index in [2.05, 4.69) is 39.4 Å². The highest BCUT2D eigenvalue weighted by Crippen LogP contribution is 2.33. The number of benzene rings is 2. The number of aromatic nitrogens is 3. The van der Waals surface area contributed by atoms with Gasteiger partial charge in [-0.1, -0.05) is 12.1 Å². The molecule has 1 aliphatic rings. The number of aromatic hydroxyl groups is 1. The van der Waals surface area contributed by atoms with E-state index in [4.69, 9.17) is 5.10 Å². The zero-order valence-electron chi connectivity index (χ0n) is 18.4. The summed E-state index contributed by atoms with van der Waals surface area (Å²) in [6.45, 7) is 0.437. The first-order valence-corrected chi connectivity index (χ1v) is 11.3. The zero-order chi connectivity index (χ0) is 23.7. The summed E-state index contributed by atoms with van der Waals surface area (Å²) < 4.78 is 29.1. The number of carbonyl (C=O) groups is 1. The van der Waals surface area contributed by atoms with Gasteiger partial charge in [-0.3, -0.25) is 14.5 Å². The molecule has 2 heterocycles.